The molecule has 0 saturated heterocycles. The lowest BCUT2D eigenvalue weighted by Crippen LogP contribution is -2.16. The molecule has 0 unspecified atom stereocenters. The Morgan fingerprint density at radius 2 is 2.08 bits per heavy atom. The number of oxazole rings is 1. The van der Waals surface area contributed by atoms with E-state index in [4.69, 9.17) is 21.2 Å². The molecular formula is C15H12ClN3O4S2. The van der Waals surface area contributed by atoms with Crippen LogP contribution in [0, 0.1) is 0 Å². The lowest BCUT2D eigenvalue weighted by atomic mass is 10.3. The molecule has 2 aromatic carbocycles. The fourth-order valence-electron chi connectivity index (χ4n) is 2.01. The van der Waals surface area contributed by atoms with Crippen LogP contribution in [0.3, 0.4) is 0 Å². The molecule has 3 N–H and O–H groups in total. The Balaban J connectivity index is 1.64. The van der Waals surface area contributed by atoms with Gasteiger partial charge in [0.25, 0.3) is 5.22 Å². The summed E-state index contributed by atoms with van der Waals surface area (Å²) in [7, 11) is -3.83. The van der Waals surface area contributed by atoms with Gasteiger partial charge >= 0.3 is 0 Å². The number of benzene rings is 2. The number of hydrogen-bond acceptors (Lipinski definition) is 6. The van der Waals surface area contributed by atoms with Crippen molar-refractivity contribution in [3.8, 4) is 0 Å². The number of halogens is 1. The molecule has 25 heavy (non-hydrogen) atoms. The summed E-state index contributed by atoms with van der Waals surface area (Å²) >= 11 is 6.99. The van der Waals surface area contributed by atoms with Crippen molar-refractivity contribution in [2.75, 3.05) is 11.1 Å². The molecule has 0 spiro atoms. The summed E-state index contributed by atoms with van der Waals surface area (Å²) in [6, 6.07) is 10.8. The molecular weight excluding hydrogens is 386 g/mol. The summed E-state index contributed by atoms with van der Waals surface area (Å²) in [4.78, 5) is 16.2. The van der Waals surface area contributed by atoms with Crippen molar-refractivity contribution < 1.29 is 17.6 Å². The molecule has 7 nitrogen and oxygen atoms in total. The quantitative estimate of drug-likeness (QED) is 0.639. The third-order valence-electron chi connectivity index (χ3n) is 3.10. The molecule has 1 heterocycles. The molecule has 1 aromatic heterocycles. The first-order valence-corrected chi connectivity index (χ1v) is 9.84. The number of sulfonamides is 1. The molecule has 3 aromatic rings. The zero-order valence-electron chi connectivity index (χ0n) is 12.6. The van der Waals surface area contributed by atoms with Crippen LogP contribution in [-0.4, -0.2) is 25.1 Å². The van der Waals surface area contributed by atoms with Crippen molar-refractivity contribution in [2.24, 2.45) is 5.14 Å². The number of hydrogen-bond donors (Lipinski definition) is 2. The van der Waals surface area contributed by atoms with Gasteiger partial charge in [0, 0.05) is 16.8 Å². The SMILES string of the molecule is NS(=O)(=O)c1cccc(NC(=O)CSc2nc3ccc(Cl)cc3o2)c1. The predicted molar refractivity (Wildman–Crippen MR) is 96.2 cm³/mol. The highest BCUT2D eigenvalue weighted by atomic mass is 35.5. The number of primary sulfonamides is 1. The molecule has 0 aliphatic heterocycles. The number of amides is 1. The number of aromatic nitrogens is 1. The highest BCUT2D eigenvalue weighted by Gasteiger charge is 2.12. The van der Waals surface area contributed by atoms with E-state index in [0.29, 0.717) is 27.0 Å². The lowest BCUT2D eigenvalue weighted by Gasteiger charge is -2.05. The van der Waals surface area contributed by atoms with Crippen molar-refractivity contribution in [3.63, 3.8) is 0 Å². The number of carbonyl (C=O) groups excluding carboxylic acids is 1. The maximum Gasteiger partial charge on any atom is 0.257 e. The van der Waals surface area contributed by atoms with Crippen LogP contribution in [0.4, 0.5) is 5.69 Å². The molecule has 10 heteroatoms. The van der Waals surface area contributed by atoms with Gasteiger partial charge in [-0.05, 0) is 30.3 Å². The summed E-state index contributed by atoms with van der Waals surface area (Å²) in [6.45, 7) is 0. The van der Waals surface area contributed by atoms with Crippen LogP contribution in [0.1, 0.15) is 0 Å². The van der Waals surface area contributed by atoms with Gasteiger partial charge in [-0.15, -0.1) is 0 Å². The van der Waals surface area contributed by atoms with E-state index >= 15 is 0 Å². The highest BCUT2D eigenvalue weighted by Crippen LogP contribution is 2.25. The first-order chi connectivity index (χ1) is 11.8. The number of thioether (sulfide) groups is 1. The zero-order chi connectivity index (χ0) is 18.0. The third kappa shape index (κ3) is 4.51. The van der Waals surface area contributed by atoms with E-state index in [2.05, 4.69) is 10.3 Å². The molecule has 0 radical (unpaired) electrons. The summed E-state index contributed by atoms with van der Waals surface area (Å²) in [5.74, 6) is -0.294. The van der Waals surface area contributed by atoms with Crippen LogP contribution in [0.2, 0.25) is 5.02 Å². The number of rotatable bonds is 5. The Hall–Kier alpha value is -2.07. The molecule has 0 bridgehead atoms. The molecule has 0 aliphatic rings. The Labute approximate surface area is 152 Å². The molecule has 130 valence electrons. The first-order valence-electron chi connectivity index (χ1n) is 6.93. The van der Waals surface area contributed by atoms with E-state index in [0.717, 1.165) is 11.8 Å². The van der Waals surface area contributed by atoms with Crippen molar-refractivity contribution in [1.82, 2.24) is 4.98 Å². The normalized spacial score (nSPS) is 11.6. The molecule has 0 fully saturated rings. The summed E-state index contributed by atoms with van der Waals surface area (Å²) in [5.41, 5.74) is 1.52. The summed E-state index contributed by atoms with van der Waals surface area (Å²) in [6.07, 6.45) is 0. The van der Waals surface area contributed by atoms with E-state index in [9.17, 15) is 13.2 Å². The molecule has 0 saturated carbocycles. The van der Waals surface area contributed by atoms with E-state index in [1.54, 1.807) is 24.3 Å². The van der Waals surface area contributed by atoms with Gasteiger partial charge in [0.1, 0.15) is 5.52 Å². The fourth-order valence-corrected chi connectivity index (χ4v) is 3.37. The van der Waals surface area contributed by atoms with Crippen LogP contribution in [0.5, 0.6) is 0 Å². The van der Waals surface area contributed by atoms with Gasteiger partial charge in [-0.2, -0.15) is 0 Å². The minimum Gasteiger partial charge on any atom is -0.431 e. The number of nitrogens with two attached hydrogens (primary N) is 1. The van der Waals surface area contributed by atoms with Gasteiger partial charge in [0.05, 0.1) is 10.6 Å². The van der Waals surface area contributed by atoms with Gasteiger partial charge in [0.15, 0.2) is 5.58 Å². The Morgan fingerprint density at radius 1 is 1.28 bits per heavy atom. The smallest absolute Gasteiger partial charge is 0.257 e. The Kier molecular flexibility index (Phi) is 5.00. The minimum absolute atomic E-state index is 0.0418. The van der Waals surface area contributed by atoms with Gasteiger partial charge < -0.3 is 9.73 Å². The highest BCUT2D eigenvalue weighted by molar-refractivity contribution is 7.99. The van der Waals surface area contributed by atoms with Crippen LogP contribution in [0.25, 0.3) is 11.1 Å². The number of nitrogens with zero attached hydrogens (tertiary/aromatic N) is 1. The zero-order valence-corrected chi connectivity index (χ0v) is 15.0. The van der Waals surface area contributed by atoms with E-state index in [1.165, 1.54) is 18.2 Å². The maximum absolute atomic E-state index is 12.0. The first kappa shape index (κ1) is 17.7. The van der Waals surface area contributed by atoms with Gasteiger partial charge in [-0.3, -0.25) is 4.79 Å². The van der Waals surface area contributed by atoms with E-state index < -0.39 is 10.0 Å². The molecule has 0 atom stereocenters. The van der Waals surface area contributed by atoms with Crippen LogP contribution in [0.15, 0.2) is 57.0 Å². The van der Waals surface area contributed by atoms with Crippen molar-refractivity contribution >= 4 is 56.1 Å². The minimum atomic E-state index is -3.83. The largest absolute Gasteiger partial charge is 0.431 e. The average molecular weight is 398 g/mol. The monoisotopic (exact) mass is 397 g/mol. The summed E-state index contributed by atoms with van der Waals surface area (Å²) in [5, 5.41) is 8.53. The fraction of sp³-hybridized carbons (Fsp3) is 0.0667. The average Bonchev–Trinajstić information content (AvgIpc) is 2.94. The van der Waals surface area contributed by atoms with Crippen molar-refractivity contribution in [1.29, 1.82) is 0 Å². The van der Waals surface area contributed by atoms with Gasteiger partial charge in [0.2, 0.25) is 15.9 Å². The topological polar surface area (TPSA) is 115 Å². The van der Waals surface area contributed by atoms with Crippen molar-refractivity contribution in [2.45, 2.75) is 10.1 Å². The molecule has 3 rings (SSSR count). The standard InChI is InChI=1S/C15H12ClN3O4S2/c16-9-4-5-12-13(6-9)23-15(19-12)24-8-14(20)18-10-2-1-3-11(7-10)25(17,21)22/h1-7H,8H2,(H,18,20)(H2,17,21,22). The maximum atomic E-state index is 12.0. The lowest BCUT2D eigenvalue weighted by molar-refractivity contribution is -0.113. The molecule has 0 aliphatic carbocycles. The predicted octanol–water partition coefficient (Wildman–Crippen LogP) is 2.86. The second-order valence-corrected chi connectivity index (χ2v) is 7.93. The number of anilines is 1. The van der Waals surface area contributed by atoms with E-state index in [1.807, 2.05) is 0 Å². The Morgan fingerprint density at radius 3 is 2.84 bits per heavy atom. The second-order valence-electron chi connectivity index (χ2n) is 5.00. The number of fused-ring (bicyclic) bond motifs is 1. The Bertz CT molecular complexity index is 1050. The summed E-state index contributed by atoms with van der Waals surface area (Å²) < 4.78 is 28.1. The molecule has 1 amide bonds. The number of nitrogens with one attached hydrogen (secondary N) is 1. The van der Waals surface area contributed by atoms with Crippen LogP contribution < -0.4 is 10.5 Å². The van der Waals surface area contributed by atoms with Gasteiger partial charge in [-0.25, -0.2) is 18.5 Å². The van der Waals surface area contributed by atoms with Crippen LogP contribution in [-0.2, 0) is 14.8 Å². The van der Waals surface area contributed by atoms with Crippen molar-refractivity contribution in [3.05, 3.63) is 47.5 Å². The second kappa shape index (κ2) is 7.04. The number of carbonyl (C=O) groups is 1. The van der Waals surface area contributed by atoms with Gasteiger partial charge in [-0.1, -0.05) is 29.4 Å². The van der Waals surface area contributed by atoms with Crippen LogP contribution >= 0.6 is 23.4 Å². The third-order valence-corrected chi connectivity index (χ3v) is 5.08. The van der Waals surface area contributed by atoms with E-state index in [-0.39, 0.29) is 16.6 Å².